The molecule has 2 heterocycles. The van der Waals surface area contributed by atoms with Crippen molar-refractivity contribution in [3.8, 4) is 0 Å². The minimum atomic E-state index is -0.439. The van der Waals surface area contributed by atoms with Gasteiger partial charge in [-0.15, -0.1) is 10.1 Å². The van der Waals surface area contributed by atoms with Crippen LogP contribution in [0.25, 0.3) is 0 Å². The third-order valence-electron chi connectivity index (χ3n) is 6.59. The van der Waals surface area contributed by atoms with Crippen molar-refractivity contribution in [3.05, 3.63) is 0 Å². The van der Waals surface area contributed by atoms with Crippen LogP contribution in [-0.2, 0) is 19.3 Å². The van der Waals surface area contributed by atoms with Crippen LogP contribution >= 0.6 is 0 Å². The van der Waals surface area contributed by atoms with E-state index in [2.05, 4.69) is 0 Å². The number of rotatable bonds is 2. The van der Waals surface area contributed by atoms with Crippen LogP contribution in [0.3, 0.4) is 0 Å². The predicted octanol–water partition coefficient (Wildman–Crippen LogP) is 1.82. The van der Waals surface area contributed by atoms with Crippen molar-refractivity contribution in [3.63, 3.8) is 0 Å². The maximum absolute atomic E-state index is 11.7. The first-order valence-corrected chi connectivity index (χ1v) is 11.2. The lowest BCUT2D eigenvalue weighted by atomic mass is 9.98. The first kappa shape index (κ1) is 23.4. The lowest BCUT2D eigenvalue weighted by Crippen LogP contribution is -2.47. The van der Waals surface area contributed by atoms with Crippen molar-refractivity contribution in [1.82, 2.24) is 10.1 Å². The molecule has 4 fully saturated rings. The van der Waals surface area contributed by atoms with E-state index in [1.54, 1.807) is 10.1 Å². The van der Waals surface area contributed by atoms with Gasteiger partial charge in [0.25, 0.3) is 0 Å². The second kappa shape index (κ2) is 8.37. The summed E-state index contributed by atoms with van der Waals surface area (Å²) in [7, 11) is 0. The Balaban J connectivity index is 0.000000171. The molecule has 0 amide bonds. The maximum Gasteiger partial charge on any atom is 0.330 e. The summed E-state index contributed by atoms with van der Waals surface area (Å²) < 4.78 is 0. The van der Waals surface area contributed by atoms with Gasteiger partial charge in [0.05, 0.1) is 22.9 Å². The molecule has 4 N–H and O–H groups in total. The normalized spacial score (nSPS) is 35.9. The Morgan fingerprint density at radius 2 is 1.03 bits per heavy atom. The van der Waals surface area contributed by atoms with Crippen LogP contribution in [0.1, 0.15) is 67.2 Å². The van der Waals surface area contributed by atoms with E-state index >= 15 is 0 Å². The number of hydroxylamine groups is 4. The number of hydrogen-bond donors (Lipinski definition) is 2. The van der Waals surface area contributed by atoms with Gasteiger partial charge in [-0.05, 0) is 79.1 Å². The zero-order chi connectivity index (χ0) is 22.4. The summed E-state index contributed by atoms with van der Waals surface area (Å²) in [6.07, 6.45) is 4.32. The highest BCUT2D eigenvalue weighted by atomic mass is 16.7. The summed E-state index contributed by atoms with van der Waals surface area (Å²) in [6.45, 7) is 12.9. The van der Waals surface area contributed by atoms with Crippen LogP contribution in [0.4, 0.5) is 0 Å². The van der Waals surface area contributed by atoms with Gasteiger partial charge in [-0.1, -0.05) is 0 Å². The van der Waals surface area contributed by atoms with Gasteiger partial charge >= 0.3 is 11.9 Å². The highest BCUT2D eigenvalue weighted by Crippen LogP contribution is 2.38. The second-order valence-electron chi connectivity index (χ2n) is 11.6. The first-order valence-electron chi connectivity index (χ1n) is 11.2. The molecule has 0 radical (unpaired) electrons. The van der Waals surface area contributed by atoms with Crippen molar-refractivity contribution in [2.24, 2.45) is 34.1 Å². The summed E-state index contributed by atoms with van der Waals surface area (Å²) >= 11 is 0. The van der Waals surface area contributed by atoms with Crippen LogP contribution in [0.5, 0.6) is 0 Å². The van der Waals surface area contributed by atoms with Crippen LogP contribution < -0.4 is 11.5 Å². The van der Waals surface area contributed by atoms with Crippen molar-refractivity contribution < 1.29 is 19.3 Å². The Hall–Kier alpha value is -1.22. The number of nitrogens with two attached hydrogens (primary N) is 2. The quantitative estimate of drug-likeness (QED) is 0.691. The van der Waals surface area contributed by atoms with E-state index in [1.165, 1.54) is 0 Å². The van der Waals surface area contributed by atoms with Gasteiger partial charge in [-0.3, -0.25) is 0 Å². The molecule has 2 saturated heterocycles. The van der Waals surface area contributed by atoms with Gasteiger partial charge in [0.1, 0.15) is 0 Å². The molecule has 4 rings (SSSR count). The Labute approximate surface area is 180 Å². The maximum atomic E-state index is 11.7. The molecule has 8 heteroatoms. The van der Waals surface area contributed by atoms with Crippen LogP contribution in [0.15, 0.2) is 0 Å². The minimum Gasteiger partial charge on any atom is -0.367 e. The molecule has 2 aliphatic heterocycles. The minimum absolute atomic E-state index is 0.165. The average Bonchev–Trinajstić information content (AvgIpc) is 3.33. The number of fused-ring (bicyclic) bond motifs is 4. The smallest absolute Gasteiger partial charge is 0.330 e. The lowest BCUT2D eigenvalue weighted by molar-refractivity contribution is -0.209. The molecule has 6 unspecified atom stereocenters. The van der Waals surface area contributed by atoms with Gasteiger partial charge < -0.3 is 21.1 Å². The summed E-state index contributed by atoms with van der Waals surface area (Å²) in [4.78, 5) is 34.2. The monoisotopic (exact) mass is 424 g/mol. The third-order valence-corrected chi connectivity index (χ3v) is 6.59. The molecule has 4 aliphatic rings. The molecule has 0 aromatic heterocycles. The van der Waals surface area contributed by atoms with Crippen LogP contribution in [0.2, 0.25) is 0 Å². The molecular formula is C22H40N4O4. The van der Waals surface area contributed by atoms with E-state index < -0.39 is 10.8 Å². The second-order valence-corrected chi connectivity index (χ2v) is 11.6. The lowest BCUT2D eigenvalue weighted by Gasteiger charge is -2.31. The Morgan fingerprint density at radius 3 is 1.27 bits per heavy atom. The van der Waals surface area contributed by atoms with Crippen molar-refractivity contribution >= 4 is 11.9 Å². The van der Waals surface area contributed by atoms with E-state index in [4.69, 9.17) is 21.1 Å². The average molecular weight is 425 g/mol. The van der Waals surface area contributed by atoms with Crippen LogP contribution in [0, 0.1) is 22.7 Å². The van der Waals surface area contributed by atoms with Crippen LogP contribution in [-0.4, -0.2) is 59.3 Å². The third kappa shape index (κ3) is 5.15. The number of carbonyl (C=O) groups excluding carboxylic acids is 2. The van der Waals surface area contributed by atoms with Crippen molar-refractivity contribution in [1.29, 1.82) is 0 Å². The topological polar surface area (TPSA) is 111 Å². The first-order chi connectivity index (χ1) is 13.8. The SMILES string of the molecule is CC(C)(C)C(=O)ON1CC2CC(N)C1C2.CC(C)(C)C(=O)ON1CC2CC(N)C1C2. The van der Waals surface area contributed by atoms with E-state index in [1.807, 2.05) is 41.5 Å². The standard InChI is InChI=1S/2C11H20N2O2/c2*1-11(2,3)10(14)15-13-6-7-4-8(12)9(13)5-7/h2*7-9H,4-6,12H2,1-3H3. The summed E-state index contributed by atoms with van der Waals surface area (Å²) in [6, 6.07) is 0.857. The molecule has 4 bridgehead atoms. The molecular weight excluding hydrogens is 384 g/mol. The number of carbonyl (C=O) groups is 2. The Bertz CT molecular complexity index is 601. The van der Waals surface area contributed by atoms with Gasteiger partial charge in [0.15, 0.2) is 0 Å². The van der Waals surface area contributed by atoms with E-state index in [0.29, 0.717) is 11.8 Å². The number of piperidine rings is 2. The van der Waals surface area contributed by atoms with E-state index in [9.17, 15) is 9.59 Å². The number of hydrogen-bond acceptors (Lipinski definition) is 8. The molecule has 0 spiro atoms. The fourth-order valence-corrected chi connectivity index (χ4v) is 4.75. The zero-order valence-corrected chi connectivity index (χ0v) is 19.4. The van der Waals surface area contributed by atoms with Gasteiger partial charge in [0.2, 0.25) is 0 Å². The molecule has 8 nitrogen and oxygen atoms in total. The molecule has 2 aliphatic carbocycles. The summed E-state index contributed by atoms with van der Waals surface area (Å²) in [5.74, 6) is 0.917. The summed E-state index contributed by atoms with van der Waals surface area (Å²) in [5, 5.41) is 3.60. The molecule has 172 valence electrons. The Morgan fingerprint density at radius 1 is 0.700 bits per heavy atom. The fraction of sp³-hybridized carbons (Fsp3) is 0.909. The van der Waals surface area contributed by atoms with E-state index in [0.717, 1.165) is 38.8 Å². The van der Waals surface area contributed by atoms with Crippen molar-refractivity contribution in [2.45, 2.75) is 91.4 Å². The highest BCUT2D eigenvalue weighted by molar-refractivity contribution is 5.75. The fourth-order valence-electron chi connectivity index (χ4n) is 4.75. The predicted molar refractivity (Wildman–Crippen MR) is 113 cm³/mol. The molecule has 30 heavy (non-hydrogen) atoms. The summed E-state index contributed by atoms with van der Waals surface area (Å²) in [5.41, 5.74) is 11.0. The Kier molecular flexibility index (Phi) is 6.54. The van der Waals surface area contributed by atoms with Gasteiger partial charge in [0, 0.05) is 25.2 Å². The molecule has 0 aromatic rings. The largest absolute Gasteiger partial charge is 0.367 e. The highest BCUT2D eigenvalue weighted by Gasteiger charge is 2.47. The number of nitrogens with zero attached hydrogens (tertiary/aromatic N) is 2. The molecule has 6 atom stereocenters. The molecule has 2 saturated carbocycles. The van der Waals surface area contributed by atoms with E-state index in [-0.39, 0.29) is 36.1 Å². The van der Waals surface area contributed by atoms with Gasteiger partial charge in [-0.25, -0.2) is 9.59 Å². The zero-order valence-electron chi connectivity index (χ0n) is 19.4. The van der Waals surface area contributed by atoms with Crippen molar-refractivity contribution in [2.75, 3.05) is 13.1 Å². The molecule has 0 aromatic carbocycles. The van der Waals surface area contributed by atoms with Gasteiger partial charge in [-0.2, -0.15) is 0 Å².